The predicted molar refractivity (Wildman–Crippen MR) is 77.8 cm³/mol. The van der Waals surface area contributed by atoms with Crippen LogP contribution in [-0.2, 0) is 23.2 Å². The van der Waals surface area contributed by atoms with Gasteiger partial charge in [-0.05, 0) is 23.3 Å². The van der Waals surface area contributed by atoms with E-state index in [0.29, 0.717) is 16.1 Å². The first-order chi connectivity index (χ1) is 9.54. The van der Waals surface area contributed by atoms with Gasteiger partial charge in [-0.3, -0.25) is 0 Å². The average molecular weight is 312 g/mol. The second kappa shape index (κ2) is 6.37. The lowest BCUT2D eigenvalue weighted by atomic mass is 10.2. The van der Waals surface area contributed by atoms with E-state index in [9.17, 15) is 13.5 Å². The Hall–Kier alpha value is -1.40. The molecule has 0 atom stereocenters. The molecule has 4 nitrogen and oxygen atoms in total. The van der Waals surface area contributed by atoms with Crippen molar-refractivity contribution in [1.82, 2.24) is 4.72 Å². The molecular formula is C14H14ClNO3S. The van der Waals surface area contributed by atoms with Gasteiger partial charge in [-0.15, -0.1) is 0 Å². The normalized spacial score (nSPS) is 11.5. The first-order valence-corrected chi connectivity index (χ1v) is 7.82. The molecule has 20 heavy (non-hydrogen) atoms. The lowest BCUT2D eigenvalue weighted by molar-refractivity contribution is 0.278. The van der Waals surface area contributed by atoms with Crippen LogP contribution in [0.4, 0.5) is 0 Å². The summed E-state index contributed by atoms with van der Waals surface area (Å²) in [4.78, 5) is 0.0783. The molecule has 0 aliphatic rings. The molecule has 0 amide bonds. The third-order valence-electron chi connectivity index (χ3n) is 2.84. The molecule has 0 aliphatic carbocycles. The minimum atomic E-state index is -3.69. The van der Waals surface area contributed by atoms with Gasteiger partial charge in [0.25, 0.3) is 0 Å². The van der Waals surface area contributed by atoms with E-state index in [4.69, 9.17) is 11.6 Å². The fourth-order valence-electron chi connectivity index (χ4n) is 1.79. The predicted octanol–water partition coefficient (Wildman–Crippen LogP) is 2.31. The highest BCUT2D eigenvalue weighted by molar-refractivity contribution is 7.89. The lowest BCUT2D eigenvalue weighted by Crippen LogP contribution is -2.24. The largest absolute Gasteiger partial charge is 0.392 e. The summed E-state index contributed by atoms with van der Waals surface area (Å²) < 4.78 is 26.9. The fourth-order valence-corrected chi connectivity index (χ4v) is 3.23. The highest BCUT2D eigenvalue weighted by Crippen LogP contribution is 2.18. The van der Waals surface area contributed by atoms with Crippen LogP contribution in [0.15, 0.2) is 53.4 Å². The Kier molecular flexibility index (Phi) is 4.77. The molecule has 0 aliphatic heterocycles. The highest BCUT2D eigenvalue weighted by Gasteiger charge is 2.17. The maximum Gasteiger partial charge on any atom is 0.241 e. The van der Waals surface area contributed by atoms with Gasteiger partial charge < -0.3 is 5.11 Å². The maximum absolute atomic E-state index is 12.2. The van der Waals surface area contributed by atoms with Crippen LogP contribution < -0.4 is 4.72 Å². The van der Waals surface area contributed by atoms with Crippen LogP contribution in [0, 0.1) is 0 Å². The molecular weight excluding hydrogens is 298 g/mol. The maximum atomic E-state index is 12.2. The summed E-state index contributed by atoms with van der Waals surface area (Å²) >= 11 is 5.98. The van der Waals surface area contributed by atoms with Crippen LogP contribution in [0.2, 0.25) is 5.02 Å². The van der Waals surface area contributed by atoms with Gasteiger partial charge in [0, 0.05) is 11.6 Å². The molecule has 2 N–H and O–H groups in total. The molecule has 0 heterocycles. The standard InChI is InChI=1S/C14H14ClNO3S/c15-13-7-3-1-5-11(13)9-16-20(18,19)14-8-4-2-6-12(14)10-17/h1-8,16-17H,9-10H2. The summed E-state index contributed by atoms with van der Waals surface area (Å²) in [5.74, 6) is 0. The summed E-state index contributed by atoms with van der Waals surface area (Å²) in [6.45, 7) is -0.231. The van der Waals surface area contributed by atoms with Crippen molar-refractivity contribution in [3.63, 3.8) is 0 Å². The highest BCUT2D eigenvalue weighted by atomic mass is 35.5. The van der Waals surface area contributed by atoms with E-state index in [1.807, 2.05) is 0 Å². The van der Waals surface area contributed by atoms with E-state index >= 15 is 0 Å². The van der Waals surface area contributed by atoms with Crippen LogP contribution in [-0.4, -0.2) is 13.5 Å². The quantitative estimate of drug-likeness (QED) is 0.890. The molecule has 106 valence electrons. The van der Waals surface area contributed by atoms with Gasteiger partial charge in [-0.2, -0.15) is 0 Å². The molecule has 0 bridgehead atoms. The van der Waals surface area contributed by atoms with Gasteiger partial charge in [-0.25, -0.2) is 13.1 Å². The number of nitrogens with one attached hydrogen (secondary N) is 1. The van der Waals surface area contributed by atoms with Crippen molar-refractivity contribution in [3.05, 3.63) is 64.7 Å². The molecule has 0 radical (unpaired) electrons. The summed E-state index contributed by atoms with van der Waals surface area (Å²) in [6.07, 6.45) is 0. The molecule has 2 aromatic rings. The minimum Gasteiger partial charge on any atom is -0.392 e. The average Bonchev–Trinajstić information content (AvgIpc) is 2.46. The molecule has 0 aromatic heterocycles. The topological polar surface area (TPSA) is 66.4 Å². The third kappa shape index (κ3) is 3.37. The van der Waals surface area contributed by atoms with Gasteiger partial charge in [0.2, 0.25) is 10.0 Å². The van der Waals surface area contributed by atoms with Crippen molar-refractivity contribution >= 4 is 21.6 Å². The summed E-state index contributed by atoms with van der Waals surface area (Å²) in [5, 5.41) is 9.70. The van der Waals surface area contributed by atoms with Crippen molar-refractivity contribution in [2.24, 2.45) is 0 Å². The SMILES string of the molecule is O=S(=O)(NCc1ccccc1Cl)c1ccccc1CO. The molecule has 0 spiro atoms. The zero-order valence-electron chi connectivity index (χ0n) is 10.6. The van der Waals surface area contributed by atoms with E-state index in [0.717, 1.165) is 0 Å². The van der Waals surface area contributed by atoms with Gasteiger partial charge in [0.15, 0.2) is 0 Å². The van der Waals surface area contributed by atoms with E-state index in [1.54, 1.807) is 42.5 Å². The van der Waals surface area contributed by atoms with Gasteiger partial charge in [-0.1, -0.05) is 48.0 Å². The van der Waals surface area contributed by atoms with Crippen LogP contribution in [0.1, 0.15) is 11.1 Å². The Morgan fingerprint density at radius 3 is 2.25 bits per heavy atom. The smallest absolute Gasteiger partial charge is 0.241 e. The Morgan fingerprint density at radius 1 is 1.00 bits per heavy atom. The second-order valence-electron chi connectivity index (χ2n) is 4.18. The molecule has 0 fully saturated rings. The van der Waals surface area contributed by atoms with Crippen LogP contribution in [0.25, 0.3) is 0 Å². The van der Waals surface area contributed by atoms with E-state index < -0.39 is 10.0 Å². The summed E-state index contributed by atoms with van der Waals surface area (Å²) in [5.41, 5.74) is 1.05. The number of halogens is 1. The Bertz CT molecular complexity index is 701. The fraction of sp³-hybridized carbons (Fsp3) is 0.143. The minimum absolute atomic E-state index is 0.0783. The van der Waals surface area contributed by atoms with Crippen molar-refractivity contribution in [3.8, 4) is 0 Å². The summed E-state index contributed by atoms with van der Waals surface area (Å²) in [7, 11) is -3.69. The number of sulfonamides is 1. The molecule has 2 aromatic carbocycles. The van der Waals surface area contributed by atoms with Gasteiger partial charge in [0.1, 0.15) is 0 Å². The monoisotopic (exact) mass is 311 g/mol. The number of benzene rings is 2. The van der Waals surface area contributed by atoms with E-state index in [-0.39, 0.29) is 18.0 Å². The number of hydrogen-bond acceptors (Lipinski definition) is 3. The van der Waals surface area contributed by atoms with Crippen LogP contribution in [0.5, 0.6) is 0 Å². The number of aliphatic hydroxyl groups excluding tert-OH is 1. The van der Waals surface area contributed by atoms with Crippen LogP contribution in [0.3, 0.4) is 0 Å². The first-order valence-electron chi connectivity index (χ1n) is 5.96. The third-order valence-corrected chi connectivity index (χ3v) is 4.71. The summed E-state index contributed by atoms with van der Waals surface area (Å²) in [6, 6.07) is 13.3. The molecule has 0 saturated heterocycles. The van der Waals surface area contributed by atoms with Gasteiger partial charge >= 0.3 is 0 Å². The van der Waals surface area contributed by atoms with Crippen molar-refractivity contribution < 1.29 is 13.5 Å². The number of hydrogen-bond donors (Lipinski definition) is 2. The van der Waals surface area contributed by atoms with E-state index in [1.165, 1.54) is 6.07 Å². The Balaban J connectivity index is 2.22. The molecule has 0 unspecified atom stereocenters. The Labute approximate surface area is 123 Å². The Morgan fingerprint density at radius 2 is 1.60 bits per heavy atom. The zero-order chi connectivity index (χ0) is 14.6. The van der Waals surface area contributed by atoms with Crippen molar-refractivity contribution in [1.29, 1.82) is 0 Å². The van der Waals surface area contributed by atoms with Crippen LogP contribution >= 0.6 is 11.6 Å². The van der Waals surface area contributed by atoms with Gasteiger partial charge in [0.05, 0.1) is 11.5 Å². The number of rotatable bonds is 5. The lowest BCUT2D eigenvalue weighted by Gasteiger charge is -2.10. The second-order valence-corrected chi connectivity index (χ2v) is 6.32. The molecule has 6 heteroatoms. The number of aliphatic hydroxyl groups is 1. The molecule has 2 rings (SSSR count). The first kappa shape index (κ1) is 15.0. The van der Waals surface area contributed by atoms with Crippen molar-refractivity contribution in [2.45, 2.75) is 18.0 Å². The van der Waals surface area contributed by atoms with E-state index in [2.05, 4.69) is 4.72 Å². The van der Waals surface area contributed by atoms with Crippen molar-refractivity contribution in [2.75, 3.05) is 0 Å². The zero-order valence-corrected chi connectivity index (χ0v) is 12.2. The molecule has 0 saturated carbocycles.